The lowest BCUT2D eigenvalue weighted by Crippen LogP contribution is -2.20. The first-order chi connectivity index (χ1) is 12.5. The molecule has 26 heavy (non-hydrogen) atoms. The molecule has 0 aliphatic rings. The second-order valence-corrected chi connectivity index (χ2v) is 4.37. The number of carbonyl (C=O) groups excluding carboxylic acids is 3. The largest absolute Gasteiger partial charge is 0.493 e. The SMILES string of the molecule is C=CC(=O)OC=COOCCOC(=O)C(=O)c1ccc(OC)c(OC)c1. The Kier molecular flexibility index (Phi) is 8.97. The summed E-state index contributed by atoms with van der Waals surface area (Å²) < 4.78 is 19.3. The van der Waals surface area contributed by atoms with Crippen molar-refractivity contribution in [2.45, 2.75) is 0 Å². The fourth-order valence-electron chi connectivity index (χ4n) is 1.58. The average Bonchev–Trinajstić information content (AvgIpc) is 2.68. The molecule has 0 aromatic heterocycles. The minimum Gasteiger partial charge on any atom is -0.493 e. The van der Waals surface area contributed by atoms with E-state index in [4.69, 9.17) is 14.2 Å². The van der Waals surface area contributed by atoms with Gasteiger partial charge in [-0.05, 0) is 18.2 Å². The number of hydrogen-bond donors (Lipinski definition) is 0. The highest BCUT2D eigenvalue weighted by Gasteiger charge is 2.19. The standard InChI is InChI=1S/C17H18O9/c1-4-15(18)23-7-9-25-26-10-8-24-17(20)16(19)12-5-6-13(21-2)14(11-12)22-3/h4-7,9,11H,1,8,10H2,2-3H3. The smallest absolute Gasteiger partial charge is 0.379 e. The molecule has 9 heteroatoms. The first kappa shape index (κ1) is 20.7. The predicted octanol–water partition coefficient (Wildman–Crippen LogP) is 1.58. The minimum atomic E-state index is -1.06. The van der Waals surface area contributed by atoms with Crippen molar-refractivity contribution >= 4 is 17.7 Å². The first-order valence-corrected chi connectivity index (χ1v) is 7.23. The number of ketones is 1. The van der Waals surface area contributed by atoms with Gasteiger partial charge in [-0.3, -0.25) is 4.79 Å². The van der Waals surface area contributed by atoms with Gasteiger partial charge in [0.15, 0.2) is 17.8 Å². The normalized spacial score (nSPS) is 10.1. The van der Waals surface area contributed by atoms with Crippen molar-refractivity contribution in [3.63, 3.8) is 0 Å². The van der Waals surface area contributed by atoms with Crippen LogP contribution < -0.4 is 9.47 Å². The minimum absolute atomic E-state index is 0.0942. The molecule has 0 aliphatic carbocycles. The summed E-state index contributed by atoms with van der Waals surface area (Å²) in [6, 6.07) is 4.29. The summed E-state index contributed by atoms with van der Waals surface area (Å²) in [5, 5.41) is 0. The van der Waals surface area contributed by atoms with Crippen LogP contribution in [-0.2, 0) is 28.8 Å². The number of hydrogen-bond acceptors (Lipinski definition) is 9. The van der Waals surface area contributed by atoms with E-state index in [1.54, 1.807) is 0 Å². The molecular weight excluding hydrogens is 348 g/mol. The maximum absolute atomic E-state index is 12.0. The van der Waals surface area contributed by atoms with E-state index in [0.29, 0.717) is 11.5 Å². The topological polar surface area (TPSA) is 107 Å². The van der Waals surface area contributed by atoms with Crippen LogP contribution >= 0.6 is 0 Å². The molecule has 0 saturated heterocycles. The Labute approximate surface area is 149 Å². The van der Waals surface area contributed by atoms with Crippen LogP contribution in [0.4, 0.5) is 0 Å². The van der Waals surface area contributed by atoms with Gasteiger partial charge in [0.05, 0.1) is 14.2 Å². The Morgan fingerprint density at radius 1 is 1.04 bits per heavy atom. The lowest BCUT2D eigenvalue weighted by atomic mass is 10.1. The van der Waals surface area contributed by atoms with Crippen LogP contribution in [-0.4, -0.2) is 45.2 Å². The third kappa shape index (κ3) is 6.65. The number of ether oxygens (including phenoxy) is 4. The summed E-state index contributed by atoms with van der Waals surface area (Å²) in [6.07, 6.45) is 2.87. The Balaban J connectivity index is 2.36. The molecule has 0 heterocycles. The quantitative estimate of drug-likeness (QED) is 0.0843. The van der Waals surface area contributed by atoms with Crippen LogP contribution in [0.25, 0.3) is 0 Å². The van der Waals surface area contributed by atoms with E-state index in [-0.39, 0.29) is 18.8 Å². The van der Waals surface area contributed by atoms with Crippen molar-refractivity contribution in [2.24, 2.45) is 0 Å². The summed E-state index contributed by atoms with van der Waals surface area (Å²) in [6.45, 7) is 2.83. The fraction of sp³-hybridized carbons (Fsp3) is 0.235. The van der Waals surface area contributed by atoms with Gasteiger partial charge < -0.3 is 23.8 Å². The van der Waals surface area contributed by atoms with Crippen molar-refractivity contribution in [1.29, 1.82) is 0 Å². The summed E-state index contributed by atoms with van der Waals surface area (Å²) in [5.74, 6) is -1.83. The number of rotatable bonds is 11. The highest BCUT2D eigenvalue weighted by molar-refractivity contribution is 6.40. The Hall–Kier alpha value is -3.33. The number of Topliss-reactive ketones (excluding diaryl/α,β-unsaturated/α-hetero) is 1. The van der Waals surface area contributed by atoms with Gasteiger partial charge in [0, 0.05) is 11.6 Å². The van der Waals surface area contributed by atoms with Crippen molar-refractivity contribution in [3.8, 4) is 11.5 Å². The zero-order chi connectivity index (χ0) is 19.4. The predicted molar refractivity (Wildman–Crippen MR) is 87.3 cm³/mol. The van der Waals surface area contributed by atoms with Gasteiger partial charge in [-0.15, -0.1) is 0 Å². The molecule has 0 radical (unpaired) electrons. The molecule has 140 valence electrons. The zero-order valence-electron chi connectivity index (χ0n) is 14.3. The van der Waals surface area contributed by atoms with Gasteiger partial charge in [0.2, 0.25) is 0 Å². The maximum atomic E-state index is 12.0. The highest BCUT2D eigenvalue weighted by atomic mass is 17.2. The number of carbonyl (C=O) groups is 3. The third-order valence-corrected chi connectivity index (χ3v) is 2.76. The Bertz CT molecular complexity index is 679. The first-order valence-electron chi connectivity index (χ1n) is 7.23. The van der Waals surface area contributed by atoms with Crippen molar-refractivity contribution in [1.82, 2.24) is 0 Å². The number of benzene rings is 1. The van der Waals surface area contributed by atoms with Gasteiger partial charge in [-0.25, -0.2) is 9.59 Å². The van der Waals surface area contributed by atoms with E-state index in [0.717, 1.165) is 18.6 Å². The lowest BCUT2D eigenvalue weighted by molar-refractivity contribution is -0.255. The third-order valence-electron chi connectivity index (χ3n) is 2.76. The van der Waals surface area contributed by atoms with Crippen LogP contribution in [0.15, 0.2) is 43.4 Å². The molecule has 0 amide bonds. The van der Waals surface area contributed by atoms with Gasteiger partial charge in [0.1, 0.15) is 19.5 Å². The van der Waals surface area contributed by atoms with E-state index in [2.05, 4.69) is 21.1 Å². The molecule has 0 N–H and O–H groups in total. The monoisotopic (exact) mass is 366 g/mol. The lowest BCUT2D eigenvalue weighted by Gasteiger charge is -2.09. The average molecular weight is 366 g/mol. The molecule has 0 fully saturated rings. The molecule has 1 aromatic carbocycles. The zero-order valence-corrected chi connectivity index (χ0v) is 14.3. The molecule has 9 nitrogen and oxygen atoms in total. The van der Waals surface area contributed by atoms with Gasteiger partial charge in [-0.2, -0.15) is 4.89 Å². The molecule has 0 atom stereocenters. The highest BCUT2D eigenvalue weighted by Crippen LogP contribution is 2.27. The maximum Gasteiger partial charge on any atom is 0.379 e. The second-order valence-electron chi connectivity index (χ2n) is 4.37. The van der Waals surface area contributed by atoms with Crippen molar-refractivity contribution in [3.05, 3.63) is 48.9 Å². The van der Waals surface area contributed by atoms with Crippen LogP contribution in [0.1, 0.15) is 10.4 Å². The molecule has 0 spiro atoms. The van der Waals surface area contributed by atoms with Crippen LogP contribution in [0.2, 0.25) is 0 Å². The van der Waals surface area contributed by atoms with E-state index >= 15 is 0 Å². The number of methoxy groups -OCH3 is 2. The van der Waals surface area contributed by atoms with Crippen molar-refractivity contribution < 1.29 is 43.1 Å². The molecular formula is C17H18O9. The summed E-state index contributed by atoms with van der Waals surface area (Å²) in [5.41, 5.74) is 0.0942. The molecule has 0 saturated carbocycles. The van der Waals surface area contributed by atoms with Crippen LogP contribution in [0.3, 0.4) is 0 Å². The summed E-state index contributed by atoms with van der Waals surface area (Å²) in [7, 11) is 2.86. The van der Waals surface area contributed by atoms with Gasteiger partial charge >= 0.3 is 11.9 Å². The fourth-order valence-corrected chi connectivity index (χ4v) is 1.58. The Morgan fingerprint density at radius 2 is 1.77 bits per heavy atom. The van der Waals surface area contributed by atoms with Crippen molar-refractivity contribution in [2.75, 3.05) is 27.4 Å². The summed E-state index contributed by atoms with van der Waals surface area (Å²) >= 11 is 0. The van der Waals surface area contributed by atoms with E-state index < -0.39 is 17.7 Å². The molecule has 0 unspecified atom stereocenters. The van der Waals surface area contributed by atoms with Gasteiger partial charge in [-0.1, -0.05) is 6.58 Å². The Morgan fingerprint density at radius 3 is 2.42 bits per heavy atom. The number of esters is 2. The summed E-state index contributed by atoms with van der Waals surface area (Å²) in [4.78, 5) is 43.5. The van der Waals surface area contributed by atoms with Crippen LogP contribution in [0, 0.1) is 0 Å². The molecule has 0 aliphatic heterocycles. The van der Waals surface area contributed by atoms with E-state index in [9.17, 15) is 14.4 Å². The molecule has 0 bridgehead atoms. The van der Waals surface area contributed by atoms with Gasteiger partial charge in [0.25, 0.3) is 5.78 Å². The van der Waals surface area contributed by atoms with E-state index in [1.807, 2.05) is 0 Å². The van der Waals surface area contributed by atoms with Crippen LogP contribution in [0.5, 0.6) is 11.5 Å². The molecule has 1 aromatic rings. The second kappa shape index (κ2) is 11.3. The molecule has 1 rings (SSSR count). The van der Waals surface area contributed by atoms with E-state index in [1.165, 1.54) is 32.4 Å².